The van der Waals surface area contributed by atoms with Crippen LogP contribution in [0.25, 0.3) is 20.4 Å². The number of halogens is 1. The molecule has 2 aliphatic rings. The third kappa shape index (κ3) is 4.81. The van der Waals surface area contributed by atoms with Crippen molar-refractivity contribution in [1.29, 1.82) is 0 Å². The van der Waals surface area contributed by atoms with E-state index in [1.165, 1.54) is 34.4 Å². The Morgan fingerprint density at radius 3 is 2.20 bits per heavy atom. The van der Waals surface area contributed by atoms with Crippen molar-refractivity contribution < 1.29 is 19.4 Å². The summed E-state index contributed by atoms with van der Waals surface area (Å²) in [6.45, 7) is 6.25. The molecule has 2 unspecified atom stereocenters. The second-order valence-corrected chi connectivity index (χ2v) is 12.9. The summed E-state index contributed by atoms with van der Waals surface area (Å²) in [5.74, 6) is -0.812. The van der Waals surface area contributed by atoms with E-state index in [9.17, 15) is 19.5 Å². The van der Waals surface area contributed by atoms with E-state index in [0.29, 0.717) is 47.7 Å². The molecule has 0 spiro atoms. The zero-order chi connectivity index (χ0) is 28.7. The van der Waals surface area contributed by atoms with Crippen LogP contribution in [0.2, 0.25) is 5.15 Å². The summed E-state index contributed by atoms with van der Waals surface area (Å²) in [7, 11) is 0. The summed E-state index contributed by atoms with van der Waals surface area (Å²) in [4.78, 5) is 54.8. The second kappa shape index (κ2) is 11.2. The predicted octanol–water partition coefficient (Wildman–Crippen LogP) is 5.75. The molecule has 0 bridgehead atoms. The van der Waals surface area contributed by atoms with Gasteiger partial charge in [-0.15, -0.1) is 22.7 Å². The van der Waals surface area contributed by atoms with Crippen LogP contribution in [0.1, 0.15) is 67.3 Å². The number of aryl methyl sites for hydroxylation is 2. The molecule has 0 aliphatic heterocycles. The number of ether oxygens (including phenoxy) is 1. The fourth-order valence-corrected chi connectivity index (χ4v) is 8.88. The minimum absolute atomic E-state index is 0.0761. The number of aliphatic carboxylic acids is 1. The summed E-state index contributed by atoms with van der Waals surface area (Å²) in [6, 6.07) is 0. The average molecular weight is 603 g/mol. The predicted molar refractivity (Wildman–Crippen MR) is 156 cm³/mol. The number of nitrogens with zero attached hydrogens (tertiary/aromatic N) is 3. The Morgan fingerprint density at radius 1 is 0.975 bits per heavy atom. The quantitative estimate of drug-likeness (QED) is 0.218. The van der Waals surface area contributed by atoms with Gasteiger partial charge in [0.15, 0.2) is 0 Å². The fraction of sp³-hybridized carbons (Fsp3) is 0.500. The standard InChI is InChI=1S/C15H17ClN2O2S.C13H14N2O3S/c1-3-15(14(19)20-4-2)6-5-9-10(7-15)21-13-11(9)12(16)17-8-18-13;1-2-13(12(17)18)4-3-7-8(5-13)19-11-9(7)10(16)14-6-15-11/h8H,3-7H2,1-2H3;6H,2-5H2,1H3,(H,17,18)(H,14,15,16). The molecule has 0 aromatic carbocycles. The van der Waals surface area contributed by atoms with Gasteiger partial charge in [-0.25, -0.2) is 15.0 Å². The number of nitrogens with one attached hydrogen (secondary N) is 1. The third-order valence-electron chi connectivity index (χ3n) is 8.52. The van der Waals surface area contributed by atoms with Crippen molar-refractivity contribution in [2.45, 2.75) is 72.1 Å². The van der Waals surface area contributed by atoms with Crippen molar-refractivity contribution in [2.75, 3.05) is 6.61 Å². The van der Waals surface area contributed by atoms with Crippen LogP contribution in [0, 0.1) is 10.8 Å². The molecule has 4 heterocycles. The third-order valence-corrected chi connectivity index (χ3v) is 11.1. The van der Waals surface area contributed by atoms with Gasteiger partial charge in [0, 0.05) is 9.75 Å². The van der Waals surface area contributed by atoms with Gasteiger partial charge in [-0.05, 0) is 69.4 Å². The molecule has 0 radical (unpaired) electrons. The summed E-state index contributed by atoms with van der Waals surface area (Å²) in [5, 5.41) is 11.6. The molecule has 212 valence electrons. The van der Waals surface area contributed by atoms with Crippen LogP contribution in [0.3, 0.4) is 0 Å². The Balaban J connectivity index is 0.000000162. The normalized spacial score (nSPS) is 21.8. The molecule has 4 aromatic rings. The van der Waals surface area contributed by atoms with E-state index in [1.54, 1.807) is 11.3 Å². The molecular formula is C28H31ClN4O5S2. The maximum atomic E-state index is 12.4. The van der Waals surface area contributed by atoms with Gasteiger partial charge in [0.05, 0.1) is 34.5 Å². The van der Waals surface area contributed by atoms with E-state index in [1.807, 2.05) is 13.8 Å². The lowest BCUT2D eigenvalue weighted by Crippen LogP contribution is -2.37. The molecule has 9 nitrogen and oxygen atoms in total. The maximum Gasteiger partial charge on any atom is 0.312 e. The van der Waals surface area contributed by atoms with E-state index < -0.39 is 16.8 Å². The van der Waals surface area contributed by atoms with Crippen LogP contribution in [-0.2, 0) is 40.0 Å². The number of hydrogen-bond acceptors (Lipinski definition) is 9. The number of carbonyl (C=O) groups excluding carboxylic acids is 1. The lowest BCUT2D eigenvalue weighted by Gasteiger charge is -2.33. The number of rotatable bonds is 5. The number of H-pyrrole nitrogens is 1. The number of aromatic amines is 1. The first kappa shape index (κ1) is 28.6. The zero-order valence-corrected chi connectivity index (χ0v) is 25.0. The number of carboxylic acid groups (broad SMARTS) is 1. The van der Waals surface area contributed by atoms with E-state index in [2.05, 4.69) is 26.9 Å². The number of carboxylic acids is 1. The Hall–Kier alpha value is -2.89. The van der Waals surface area contributed by atoms with Gasteiger partial charge in [-0.1, -0.05) is 25.4 Å². The highest BCUT2D eigenvalue weighted by molar-refractivity contribution is 7.19. The van der Waals surface area contributed by atoms with Crippen molar-refractivity contribution in [2.24, 2.45) is 10.8 Å². The van der Waals surface area contributed by atoms with Gasteiger partial charge in [-0.3, -0.25) is 14.4 Å². The smallest absolute Gasteiger partial charge is 0.312 e. The number of thiophene rings is 2. The van der Waals surface area contributed by atoms with Gasteiger partial charge >= 0.3 is 11.9 Å². The number of fused-ring (bicyclic) bond motifs is 6. The van der Waals surface area contributed by atoms with E-state index in [0.717, 1.165) is 46.3 Å². The number of esters is 1. The lowest BCUT2D eigenvalue weighted by molar-refractivity contribution is -0.156. The summed E-state index contributed by atoms with van der Waals surface area (Å²) < 4.78 is 5.30. The first-order chi connectivity index (χ1) is 19.2. The number of aromatic nitrogens is 4. The minimum Gasteiger partial charge on any atom is -0.481 e. The van der Waals surface area contributed by atoms with Crippen LogP contribution in [0.4, 0.5) is 0 Å². The molecular weight excluding hydrogens is 572 g/mol. The van der Waals surface area contributed by atoms with Crippen LogP contribution >= 0.6 is 34.3 Å². The van der Waals surface area contributed by atoms with Crippen molar-refractivity contribution in [3.63, 3.8) is 0 Å². The molecule has 0 amide bonds. The highest BCUT2D eigenvalue weighted by Gasteiger charge is 2.43. The van der Waals surface area contributed by atoms with Crippen LogP contribution in [0.15, 0.2) is 17.4 Å². The molecule has 40 heavy (non-hydrogen) atoms. The summed E-state index contributed by atoms with van der Waals surface area (Å²) >= 11 is 9.29. The van der Waals surface area contributed by atoms with Gasteiger partial charge < -0.3 is 14.8 Å². The van der Waals surface area contributed by atoms with E-state index in [-0.39, 0.29) is 11.5 Å². The van der Waals surface area contributed by atoms with Gasteiger partial charge in [0.25, 0.3) is 5.56 Å². The Bertz CT molecular complexity index is 1660. The first-order valence-corrected chi connectivity index (χ1v) is 15.5. The fourth-order valence-electron chi connectivity index (χ4n) is 5.92. The molecule has 12 heteroatoms. The largest absolute Gasteiger partial charge is 0.481 e. The molecule has 0 fully saturated rings. The Labute approximate surface area is 244 Å². The minimum atomic E-state index is -0.736. The van der Waals surface area contributed by atoms with E-state index >= 15 is 0 Å². The molecule has 2 atom stereocenters. The highest BCUT2D eigenvalue weighted by Crippen LogP contribution is 2.46. The molecule has 0 saturated heterocycles. The lowest BCUT2D eigenvalue weighted by atomic mass is 9.72. The van der Waals surface area contributed by atoms with Gasteiger partial charge in [-0.2, -0.15) is 0 Å². The SMILES string of the molecule is CCC1(C(=O)O)CCc2c(sc3nc[nH]c(=O)c23)C1.CCOC(=O)C1(CC)CCc2c(sc3ncnc(Cl)c23)C1. The Morgan fingerprint density at radius 2 is 1.57 bits per heavy atom. The van der Waals surface area contributed by atoms with Crippen molar-refractivity contribution in [3.05, 3.63) is 49.0 Å². The van der Waals surface area contributed by atoms with Crippen LogP contribution in [-0.4, -0.2) is 43.6 Å². The van der Waals surface area contributed by atoms with Crippen molar-refractivity contribution in [1.82, 2.24) is 19.9 Å². The molecule has 2 N–H and O–H groups in total. The van der Waals surface area contributed by atoms with Gasteiger partial charge in [0.1, 0.15) is 21.1 Å². The average Bonchev–Trinajstić information content (AvgIpc) is 3.51. The van der Waals surface area contributed by atoms with Crippen LogP contribution < -0.4 is 5.56 Å². The monoisotopic (exact) mass is 602 g/mol. The number of hydrogen-bond donors (Lipinski definition) is 2. The van der Waals surface area contributed by atoms with E-state index in [4.69, 9.17) is 16.3 Å². The molecule has 6 rings (SSSR count). The van der Waals surface area contributed by atoms with Crippen LogP contribution in [0.5, 0.6) is 0 Å². The van der Waals surface area contributed by atoms with Crippen molar-refractivity contribution in [3.8, 4) is 0 Å². The highest BCUT2D eigenvalue weighted by atomic mass is 35.5. The van der Waals surface area contributed by atoms with Gasteiger partial charge in [0.2, 0.25) is 0 Å². The molecule has 2 aliphatic carbocycles. The molecule has 4 aromatic heterocycles. The first-order valence-electron chi connectivity index (χ1n) is 13.5. The van der Waals surface area contributed by atoms with Crippen molar-refractivity contribution >= 4 is 66.6 Å². The number of carbonyl (C=O) groups is 2. The maximum absolute atomic E-state index is 12.4. The zero-order valence-electron chi connectivity index (χ0n) is 22.6. The summed E-state index contributed by atoms with van der Waals surface area (Å²) in [6.07, 6.45) is 8.38. The summed E-state index contributed by atoms with van der Waals surface area (Å²) in [5.41, 5.74) is 1.01. The topological polar surface area (TPSA) is 135 Å². The molecule has 0 saturated carbocycles. The Kier molecular flexibility index (Phi) is 8.00. The second-order valence-electron chi connectivity index (χ2n) is 10.4.